The highest BCUT2D eigenvalue weighted by atomic mass is 15.1. The number of anilines is 1. The van der Waals surface area contributed by atoms with Gasteiger partial charge in [-0.05, 0) is 34.0 Å². The Bertz CT molecular complexity index is 940. The second-order valence-electron chi connectivity index (χ2n) is 6.32. The first-order chi connectivity index (χ1) is 12.4. The second kappa shape index (κ2) is 7.23. The van der Waals surface area contributed by atoms with Crippen molar-refractivity contribution in [3.8, 4) is 0 Å². The van der Waals surface area contributed by atoms with Gasteiger partial charge < -0.3 is 4.90 Å². The Balaban J connectivity index is 1.70. The zero-order valence-corrected chi connectivity index (χ0v) is 14.2. The molecule has 0 aliphatic rings. The van der Waals surface area contributed by atoms with Gasteiger partial charge in [0.05, 0.1) is 0 Å². The van der Waals surface area contributed by atoms with Crippen LogP contribution in [0.1, 0.15) is 11.1 Å². The third-order valence-electron chi connectivity index (χ3n) is 4.58. The summed E-state index contributed by atoms with van der Waals surface area (Å²) < 4.78 is 0. The van der Waals surface area contributed by atoms with Crippen LogP contribution in [0, 0.1) is 0 Å². The Morgan fingerprint density at radius 1 is 0.520 bits per heavy atom. The summed E-state index contributed by atoms with van der Waals surface area (Å²) in [5, 5.41) is 2.63. The van der Waals surface area contributed by atoms with Gasteiger partial charge in [-0.3, -0.25) is 0 Å². The lowest BCUT2D eigenvalue weighted by Gasteiger charge is -2.26. The van der Waals surface area contributed by atoms with Crippen molar-refractivity contribution in [2.75, 3.05) is 4.90 Å². The molecule has 0 aromatic heterocycles. The molecule has 4 aromatic rings. The van der Waals surface area contributed by atoms with Crippen molar-refractivity contribution in [1.29, 1.82) is 0 Å². The average Bonchev–Trinajstić information content (AvgIpc) is 2.69. The Kier molecular flexibility index (Phi) is 4.47. The van der Waals surface area contributed by atoms with Crippen molar-refractivity contribution in [3.05, 3.63) is 114 Å². The van der Waals surface area contributed by atoms with Gasteiger partial charge in [0.25, 0.3) is 0 Å². The molecular weight excluding hydrogens is 302 g/mol. The van der Waals surface area contributed by atoms with E-state index in [4.69, 9.17) is 0 Å². The summed E-state index contributed by atoms with van der Waals surface area (Å²) in [6, 6.07) is 36.5. The minimum Gasteiger partial charge on any atom is -0.363 e. The smallest absolute Gasteiger partial charge is 0.0439 e. The summed E-state index contributed by atoms with van der Waals surface area (Å²) in [4.78, 5) is 2.44. The van der Waals surface area contributed by atoms with Crippen LogP contribution >= 0.6 is 0 Å². The van der Waals surface area contributed by atoms with Crippen LogP contribution in [0.25, 0.3) is 10.8 Å². The molecule has 0 aliphatic heterocycles. The number of hydrogen-bond donors (Lipinski definition) is 0. The van der Waals surface area contributed by atoms with Crippen molar-refractivity contribution in [3.63, 3.8) is 0 Å². The molecule has 1 nitrogen and oxygen atoms in total. The maximum absolute atomic E-state index is 2.44. The van der Waals surface area contributed by atoms with Gasteiger partial charge in [0, 0.05) is 18.8 Å². The Labute approximate surface area is 149 Å². The first-order valence-corrected chi connectivity index (χ1v) is 8.71. The lowest BCUT2D eigenvalue weighted by atomic mass is 10.0. The van der Waals surface area contributed by atoms with Crippen LogP contribution in [0.5, 0.6) is 0 Å². The van der Waals surface area contributed by atoms with Gasteiger partial charge in [0.2, 0.25) is 0 Å². The van der Waals surface area contributed by atoms with Gasteiger partial charge in [-0.1, -0.05) is 91.0 Å². The Hall–Kier alpha value is -3.06. The van der Waals surface area contributed by atoms with E-state index in [1.54, 1.807) is 0 Å². The van der Waals surface area contributed by atoms with Gasteiger partial charge in [0.1, 0.15) is 0 Å². The van der Waals surface area contributed by atoms with Gasteiger partial charge in [-0.25, -0.2) is 0 Å². The quantitative estimate of drug-likeness (QED) is 0.432. The van der Waals surface area contributed by atoms with Crippen LogP contribution in [-0.4, -0.2) is 0 Å². The molecule has 0 bridgehead atoms. The van der Waals surface area contributed by atoms with Crippen LogP contribution in [-0.2, 0) is 13.1 Å². The molecule has 0 unspecified atom stereocenters. The van der Waals surface area contributed by atoms with E-state index in [9.17, 15) is 0 Å². The minimum absolute atomic E-state index is 0.889. The highest BCUT2D eigenvalue weighted by Gasteiger charge is 2.10. The van der Waals surface area contributed by atoms with E-state index in [-0.39, 0.29) is 0 Å². The summed E-state index contributed by atoms with van der Waals surface area (Å²) in [5.41, 5.74) is 3.93. The van der Waals surface area contributed by atoms with Gasteiger partial charge in [0.15, 0.2) is 0 Å². The predicted molar refractivity (Wildman–Crippen MR) is 107 cm³/mol. The third-order valence-corrected chi connectivity index (χ3v) is 4.58. The number of para-hydroxylation sites is 1. The highest BCUT2D eigenvalue weighted by Crippen LogP contribution is 2.24. The lowest BCUT2D eigenvalue weighted by Crippen LogP contribution is -2.22. The highest BCUT2D eigenvalue weighted by molar-refractivity contribution is 5.85. The number of nitrogens with zero attached hydrogens (tertiary/aromatic N) is 1. The van der Waals surface area contributed by atoms with Crippen molar-refractivity contribution in [2.45, 2.75) is 13.1 Å². The molecule has 0 aliphatic carbocycles. The molecule has 0 heterocycles. The van der Waals surface area contributed by atoms with Crippen LogP contribution in [0.4, 0.5) is 5.69 Å². The summed E-state index contributed by atoms with van der Waals surface area (Å²) in [6.07, 6.45) is 0. The van der Waals surface area contributed by atoms with Crippen molar-refractivity contribution >= 4 is 16.5 Å². The zero-order chi connectivity index (χ0) is 16.9. The normalized spacial score (nSPS) is 10.7. The molecule has 4 aromatic carbocycles. The summed E-state index contributed by atoms with van der Waals surface area (Å²) >= 11 is 0. The maximum Gasteiger partial charge on any atom is 0.0439 e. The lowest BCUT2D eigenvalue weighted by molar-refractivity contribution is 0.804. The molecule has 0 fully saturated rings. The number of benzene rings is 4. The van der Waals surface area contributed by atoms with E-state index >= 15 is 0 Å². The van der Waals surface area contributed by atoms with Gasteiger partial charge in [-0.15, -0.1) is 0 Å². The van der Waals surface area contributed by atoms with E-state index in [0.717, 1.165) is 13.1 Å². The maximum atomic E-state index is 2.44. The van der Waals surface area contributed by atoms with Gasteiger partial charge in [-0.2, -0.15) is 0 Å². The molecule has 0 N–H and O–H groups in total. The predicted octanol–water partition coefficient (Wildman–Crippen LogP) is 6.05. The summed E-state index contributed by atoms with van der Waals surface area (Å²) in [6.45, 7) is 1.79. The number of rotatable bonds is 5. The SMILES string of the molecule is c1ccc(CN(Cc2cccc3ccccc23)c2ccccc2)cc1. The fraction of sp³-hybridized carbons (Fsp3) is 0.0833. The molecule has 122 valence electrons. The van der Waals surface area contributed by atoms with Gasteiger partial charge >= 0.3 is 0 Å². The third kappa shape index (κ3) is 3.56. The monoisotopic (exact) mass is 323 g/mol. The second-order valence-corrected chi connectivity index (χ2v) is 6.32. The van der Waals surface area contributed by atoms with Crippen LogP contribution in [0.15, 0.2) is 103 Å². The molecule has 0 saturated carbocycles. The van der Waals surface area contributed by atoms with Crippen molar-refractivity contribution in [2.24, 2.45) is 0 Å². The van der Waals surface area contributed by atoms with E-state index in [0.29, 0.717) is 0 Å². The van der Waals surface area contributed by atoms with Crippen molar-refractivity contribution in [1.82, 2.24) is 0 Å². The van der Waals surface area contributed by atoms with Crippen molar-refractivity contribution < 1.29 is 0 Å². The van der Waals surface area contributed by atoms with E-state index in [1.165, 1.54) is 27.6 Å². The molecular formula is C24H21N. The van der Waals surface area contributed by atoms with E-state index in [1.807, 2.05) is 0 Å². The first kappa shape index (κ1) is 15.5. The molecule has 0 saturated heterocycles. The fourth-order valence-electron chi connectivity index (χ4n) is 3.32. The topological polar surface area (TPSA) is 3.24 Å². The van der Waals surface area contributed by atoms with Crippen LogP contribution in [0.2, 0.25) is 0 Å². The first-order valence-electron chi connectivity index (χ1n) is 8.71. The van der Waals surface area contributed by atoms with E-state index < -0.39 is 0 Å². The van der Waals surface area contributed by atoms with E-state index in [2.05, 4.69) is 108 Å². The molecule has 0 amide bonds. The van der Waals surface area contributed by atoms with Crippen LogP contribution in [0.3, 0.4) is 0 Å². The number of fused-ring (bicyclic) bond motifs is 1. The standard InChI is InChI=1S/C24H21N/c1-3-10-20(11-4-1)18-25(23-15-5-2-6-16-23)19-22-14-9-13-21-12-7-8-17-24(21)22/h1-17H,18-19H2. The average molecular weight is 323 g/mol. The minimum atomic E-state index is 0.889. The largest absolute Gasteiger partial charge is 0.363 e. The molecule has 4 rings (SSSR count). The Morgan fingerprint density at radius 2 is 1.16 bits per heavy atom. The fourth-order valence-corrected chi connectivity index (χ4v) is 3.32. The molecule has 1 heteroatoms. The molecule has 25 heavy (non-hydrogen) atoms. The van der Waals surface area contributed by atoms with Crippen LogP contribution < -0.4 is 4.90 Å². The molecule has 0 spiro atoms. The molecule has 0 atom stereocenters. The Morgan fingerprint density at radius 3 is 1.96 bits per heavy atom. The molecule has 0 radical (unpaired) electrons. The number of hydrogen-bond acceptors (Lipinski definition) is 1. The summed E-state index contributed by atoms with van der Waals surface area (Å²) in [5.74, 6) is 0. The zero-order valence-electron chi connectivity index (χ0n) is 14.2. The summed E-state index contributed by atoms with van der Waals surface area (Å²) in [7, 11) is 0.